The van der Waals surface area contributed by atoms with Crippen molar-refractivity contribution < 1.29 is 4.79 Å². The zero-order valence-corrected chi connectivity index (χ0v) is 12.6. The van der Waals surface area contributed by atoms with E-state index in [0.29, 0.717) is 17.6 Å². The summed E-state index contributed by atoms with van der Waals surface area (Å²) in [5.74, 6) is 0.585. The van der Waals surface area contributed by atoms with Gasteiger partial charge in [0.1, 0.15) is 0 Å². The number of aromatic nitrogens is 2. The van der Waals surface area contributed by atoms with Gasteiger partial charge in [-0.15, -0.1) is 11.3 Å². The number of likely N-dealkylation sites (tertiary alicyclic amines) is 1. The molecule has 3 rings (SSSR count). The molecule has 0 saturated carbocycles. The Morgan fingerprint density at radius 1 is 1.38 bits per heavy atom. The zero-order chi connectivity index (χ0) is 14.5. The Morgan fingerprint density at radius 2 is 2.24 bits per heavy atom. The van der Waals surface area contributed by atoms with Crippen LogP contribution in [0, 0.1) is 0 Å². The number of nitrogens with zero attached hydrogens (tertiary/aromatic N) is 3. The first-order valence-corrected chi connectivity index (χ1v) is 8.01. The molecule has 0 radical (unpaired) electrons. The highest BCUT2D eigenvalue weighted by molar-refractivity contribution is 7.13. The Labute approximate surface area is 128 Å². The van der Waals surface area contributed by atoms with Gasteiger partial charge in [0, 0.05) is 24.0 Å². The lowest BCUT2D eigenvalue weighted by Gasteiger charge is -2.31. The summed E-state index contributed by atoms with van der Waals surface area (Å²) in [6, 6.07) is 4.13. The van der Waals surface area contributed by atoms with Crippen molar-refractivity contribution in [2.45, 2.75) is 18.8 Å². The van der Waals surface area contributed by atoms with Gasteiger partial charge in [0.05, 0.1) is 6.54 Å². The van der Waals surface area contributed by atoms with Gasteiger partial charge in [0.2, 0.25) is 5.91 Å². The summed E-state index contributed by atoms with van der Waals surface area (Å²) in [4.78, 5) is 22.4. The highest BCUT2D eigenvalue weighted by atomic mass is 32.1. The fourth-order valence-corrected chi connectivity index (χ4v) is 3.23. The van der Waals surface area contributed by atoms with E-state index in [9.17, 15) is 4.79 Å². The first-order valence-electron chi connectivity index (χ1n) is 7.13. The number of hydrogen-bond acceptors (Lipinski definition) is 5. The van der Waals surface area contributed by atoms with Crippen molar-refractivity contribution in [2.75, 3.05) is 25.0 Å². The Morgan fingerprint density at radius 3 is 2.90 bits per heavy atom. The third-order valence-electron chi connectivity index (χ3n) is 3.79. The molecule has 1 saturated heterocycles. The van der Waals surface area contributed by atoms with Crippen LogP contribution >= 0.6 is 11.3 Å². The standard InChI is InChI=1S/C15H18N4OS/c20-14(18-15-17-6-9-21-15)11-19-7-3-12(4-8-19)13-2-1-5-16-10-13/h1-2,5-6,9-10,12H,3-4,7-8,11H2,(H,17,18,20). The van der Waals surface area contributed by atoms with Crippen LogP contribution in [0.4, 0.5) is 5.13 Å². The van der Waals surface area contributed by atoms with E-state index in [1.165, 1.54) is 16.9 Å². The molecule has 0 spiro atoms. The number of pyridine rings is 1. The molecule has 1 aliphatic heterocycles. The van der Waals surface area contributed by atoms with Gasteiger partial charge in [0.15, 0.2) is 5.13 Å². The van der Waals surface area contributed by atoms with Crippen LogP contribution in [-0.2, 0) is 4.79 Å². The summed E-state index contributed by atoms with van der Waals surface area (Å²) in [6.45, 7) is 2.34. The second-order valence-corrected chi connectivity index (χ2v) is 6.12. The molecule has 2 aromatic heterocycles. The van der Waals surface area contributed by atoms with Crippen molar-refractivity contribution in [1.29, 1.82) is 0 Å². The maximum absolute atomic E-state index is 11.9. The highest BCUT2D eigenvalue weighted by Crippen LogP contribution is 2.27. The molecule has 1 fully saturated rings. The number of carbonyl (C=O) groups excluding carboxylic acids is 1. The molecular formula is C15H18N4OS. The summed E-state index contributed by atoms with van der Waals surface area (Å²) in [5, 5.41) is 5.36. The summed E-state index contributed by atoms with van der Waals surface area (Å²) in [7, 11) is 0. The van der Waals surface area contributed by atoms with Crippen LogP contribution in [0.15, 0.2) is 36.1 Å². The van der Waals surface area contributed by atoms with Gasteiger partial charge >= 0.3 is 0 Å². The van der Waals surface area contributed by atoms with Gasteiger partial charge in [-0.3, -0.25) is 14.7 Å². The van der Waals surface area contributed by atoms with Crippen LogP contribution in [-0.4, -0.2) is 40.4 Å². The van der Waals surface area contributed by atoms with Crippen molar-refractivity contribution in [1.82, 2.24) is 14.9 Å². The van der Waals surface area contributed by atoms with Gasteiger partial charge in [-0.05, 0) is 43.5 Å². The maximum Gasteiger partial charge on any atom is 0.240 e. The smallest absolute Gasteiger partial charge is 0.240 e. The molecule has 1 N–H and O–H groups in total. The Bertz CT molecular complexity index is 565. The summed E-state index contributed by atoms with van der Waals surface area (Å²) in [6.07, 6.45) is 7.61. The largest absolute Gasteiger partial charge is 0.301 e. The lowest BCUT2D eigenvalue weighted by atomic mass is 9.90. The number of thiazole rings is 1. The summed E-state index contributed by atoms with van der Waals surface area (Å²) < 4.78 is 0. The van der Waals surface area contributed by atoms with Gasteiger partial charge in [0.25, 0.3) is 0 Å². The molecule has 2 aromatic rings. The number of anilines is 1. The third kappa shape index (κ3) is 3.86. The van der Waals surface area contributed by atoms with E-state index in [4.69, 9.17) is 0 Å². The maximum atomic E-state index is 11.9. The normalized spacial score (nSPS) is 16.8. The van der Waals surface area contributed by atoms with Crippen molar-refractivity contribution >= 4 is 22.4 Å². The van der Waals surface area contributed by atoms with Crippen molar-refractivity contribution in [3.63, 3.8) is 0 Å². The van der Waals surface area contributed by atoms with E-state index in [2.05, 4.69) is 26.3 Å². The summed E-state index contributed by atoms with van der Waals surface area (Å²) in [5.41, 5.74) is 1.31. The van der Waals surface area contributed by atoms with E-state index in [0.717, 1.165) is 25.9 Å². The van der Waals surface area contributed by atoms with E-state index in [1.807, 2.05) is 23.8 Å². The van der Waals surface area contributed by atoms with Crippen LogP contribution in [0.5, 0.6) is 0 Å². The van der Waals surface area contributed by atoms with Crippen LogP contribution < -0.4 is 5.32 Å². The van der Waals surface area contributed by atoms with E-state index in [1.54, 1.807) is 6.20 Å². The number of nitrogens with one attached hydrogen (secondary N) is 1. The zero-order valence-electron chi connectivity index (χ0n) is 11.7. The second-order valence-electron chi connectivity index (χ2n) is 5.22. The van der Waals surface area contributed by atoms with E-state index < -0.39 is 0 Å². The molecule has 0 aromatic carbocycles. The van der Waals surface area contributed by atoms with E-state index >= 15 is 0 Å². The predicted octanol–water partition coefficient (Wildman–Crippen LogP) is 2.36. The molecule has 110 valence electrons. The topological polar surface area (TPSA) is 58.1 Å². The molecule has 1 aliphatic rings. The number of carbonyl (C=O) groups is 1. The van der Waals surface area contributed by atoms with Crippen molar-refractivity contribution in [3.8, 4) is 0 Å². The van der Waals surface area contributed by atoms with Crippen LogP contribution in [0.1, 0.15) is 24.3 Å². The first kappa shape index (κ1) is 14.2. The second kappa shape index (κ2) is 6.78. The molecule has 1 amide bonds. The predicted molar refractivity (Wildman–Crippen MR) is 83.4 cm³/mol. The number of rotatable bonds is 4. The average molecular weight is 302 g/mol. The minimum absolute atomic E-state index is 0.0183. The minimum Gasteiger partial charge on any atom is -0.301 e. The quantitative estimate of drug-likeness (QED) is 0.942. The van der Waals surface area contributed by atoms with Crippen molar-refractivity contribution in [3.05, 3.63) is 41.7 Å². The molecule has 21 heavy (non-hydrogen) atoms. The monoisotopic (exact) mass is 302 g/mol. The molecule has 0 atom stereocenters. The lowest BCUT2D eigenvalue weighted by Crippen LogP contribution is -2.38. The molecule has 5 nitrogen and oxygen atoms in total. The molecule has 0 unspecified atom stereocenters. The number of amides is 1. The Kier molecular flexibility index (Phi) is 4.57. The SMILES string of the molecule is O=C(CN1CCC(c2cccnc2)CC1)Nc1nccs1. The summed E-state index contributed by atoms with van der Waals surface area (Å²) >= 11 is 1.44. The minimum atomic E-state index is 0.0183. The van der Waals surface area contributed by atoms with Crippen molar-refractivity contribution in [2.24, 2.45) is 0 Å². The molecular weight excluding hydrogens is 284 g/mol. The number of hydrogen-bond donors (Lipinski definition) is 1. The Hall–Kier alpha value is -1.79. The fraction of sp³-hybridized carbons (Fsp3) is 0.400. The molecule has 0 bridgehead atoms. The first-order chi connectivity index (χ1) is 10.3. The van der Waals surface area contributed by atoms with Crippen LogP contribution in [0.2, 0.25) is 0 Å². The van der Waals surface area contributed by atoms with Gasteiger partial charge in [-0.2, -0.15) is 0 Å². The average Bonchev–Trinajstić information content (AvgIpc) is 3.02. The van der Waals surface area contributed by atoms with E-state index in [-0.39, 0.29) is 5.91 Å². The third-order valence-corrected chi connectivity index (χ3v) is 4.48. The highest BCUT2D eigenvalue weighted by Gasteiger charge is 2.22. The number of piperidine rings is 1. The van der Waals surface area contributed by atoms with Crippen LogP contribution in [0.25, 0.3) is 0 Å². The fourth-order valence-electron chi connectivity index (χ4n) is 2.69. The van der Waals surface area contributed by atoms with Crippen LogP contribution in [0.3, 0.4) is 0 Å². The molecule has 3 heterocycles. The molecule has 6 heteroatoms. The van der Waals surface area contributed by atoms with Gasteiger partial charge < -0.3 is 5.32 Å². The molecule has 0 aliphatic carbocycles. The van der Waals surface area contributed by atoms with Gasteiger partial charge in [-0.25, -0.2) is 4.98 Å². The Balaban J connectivity index is 1.46. The lowest BCUT2D eigenvalue weighted by molar-refractivity contribution is -0.117. The van der Waals surface area contributed by atoms with Gasteiger partial charge in [-0.1, -0.05) is 6.07 Å².